The third kappa shape index (κ3) is 3.41. The van der Waals surface area contributed by atoms with Gasteiger partial charge in [-0.2, -0.15) is 43.9 Å². The first-order valence-corrected chi connectivity index (χ1v) is 4.88. The van der Waals surface area contributed by atoms with E-state index in [-0.39, 0.29) is 68.9 Å². The predicted molar refractivity (Wildman–Crippen MR) is 39.0 cm³/mol. The summed E-state index contributed by atoms with van der Waals surface area (Å²) in [7, 11) is -8.26. The Kier molecular flexibility index (Phi) is 6.96. The third-order valence-electron chi connectivity index (χ3n) is 1.44. The van der Waals surface area contributed by atoms with Crippen molar-refractivity contribution in [1.82, 2.24) is 0 Å². The first-order valence-electron chi connectivity index (χ1n) is 3.22. The molecule has 2 nitrogen and oxygen atoms in total. The summed E-state index contributed by atoms with van der Waals surface area (Å²) in [5.74, 6) is 0. The van der Waals surface area contributed by atoms with Gasteiger partial charge in [0.05, 0.1) is 0 Å². The van der Waals surface area contributed by atoms with Crippen LogP contribution in [0.2, 0.25) is 0 Å². The van der Waals surface area contributed by atoms with Crippen molar-refractivity contribution in [2.24, 2.45) is 0 Å². The maximum atomic E-state index is 12.1. The van der Waals surface area contributed by atoms with E-state index in [1.54, 1.807) is 0 Å². The second kappa shape index (κ2) is 5.74. The van der Waals surface area contributed by atoms with Gasteiger partial charge in [0.2, 0.25) is 0 Å². The Morgan fingerprint density at radius 1 is 0.667 bits per heavy atom. The molecule has 0 aromatic carbocycles. The number of hydrogen-bond acceptors (Lipinski definition) is 1. The van der Waals surface area contributed by atoms with Gasteiger partial charge >= 0.3 is 99.9 Å². The molecule has 0 saturated heterocycles. The molecule has 106 valence electrons. The van der Waals surface area contributed by atoms with E-state index in [4.69, 9.17) is 4.89 Å². The van der Waals surface area contributed by atoms with Crippen LogP contribution in [0.4, 0.5) is 43.9 Å². The summed E-state index contributed by atoms with van der Waals surface area (Å²) in [6.07, 6.45) is -14.0. The molecule has 0 radical (unpaired) electrons. The molecule has 0 rings (SSSR count). The molecule has 0 aliphatic heterocycles. The van der Waals surface area contributed by atoms with E-state index >= 15 is 0 Å². The fourth-order valence-electron chi connectivity index (χ4n) is 0.520. The summed E-state index contributed by atoms with van der Waals surface area (Å²) in [6.45, 7) is 0. The van der Waals surface area contributed by atoms with Crippen LogP contribution in [0.1, 0.15) is 0 Å². The first-order chi connectivity index (χ1) is 7.00. The standard InChI is InChI=1S/C4HF10O2P.Cs.H/c5-1(6,7)3(11,12)17(15,16)4(13,14)2(8,9)10;;/h(H,15,16);;. The van der Waals surface area contributed by atoms with E-state index in [1.165, 1.54) is 0 Å². The topological polar surface area (TPSA) is 37.3 Å². The van der Waals surface area contributed by atoms with Gasteiger partial charge in [0.25, 0.3) is 0 Å². The molecule has 0 aromatic rings. The molecule has 0 saturated carbocycles. The average molecular weight is 436 g/mol. The Balaban J connectivity index is 0. The Morgan fingerprint density at radius 3 is 0.944 bits per heavy atom. The van der Waals surface area contributed by atoms with Crippen molar-refractivity contribution < 1.29 is 53.4 Å². The van der Waals surface area contributed by atoms with Crippen LogP contribution in [0.15, 0.2) is 0 Å². The zero-order valence-corrected chi connectivity index (χ0v) is 7.98. The van der Waals surface area contributed by atoms with Crippen molar-refractivity contribution in [2.75, 3.05) is 0 Å². The van der Waals surface area contributed by atoms with Crippen LogP contribution in [-0.4, -0.2) is 97.5 Å². The van der Waals surface area contributed by atoms with Crippen molar-refractivity contribution in [3.63, 3.8) is 0 Å². The molecule has 14 heteroatoms. The fourth-order valence-corrected chi connectivity index (χ4v) is 1.56. The van der Waals surface area contributed by atoms with Gasteiger partial charge in [-0.05, 0) is 0 Å². The zero-order chi connectivity index (χ0) is 14.5. The summed E-state index contributed by atoms with van der Waals surface area (Å²) in [6, 6.07) is 0. The van der Waals surface area contributed by atoms with Crippen molar-refractivity contribution in [2.45, 2.75) is 23.7 Å². The van der Waals surface area contributed by atoms with E-state index in [2.05, 4.69) is 0 Å². The van der Waals surface area contributed by atoms with Gasteiger partial charge in [-0.15, -0.1) is 0 Å². The monoisotopic (exact) mass is 436 g/mol. The molecule has 0 unspecified atom stereocenters. The van der Waals surface area contributed by atoms with Crippen LogP contribution < -0.4 is 0 Å². The molecule has 0 aromatic heterocycles. The number of halogens is 10. The minimum absolute atomic E-state index is 0. The second-order valence-electron chi connectivity index (χ2n) is 2.65. The second-order valence-corrected chi connectivity index (χ2v) is 4.93. The first kappa shape index (κ1) is 21.8. The Labute approximate surface area is 151 Å². The fraction of sp³-hybridized carbons (Fsp3) is 1.00. The number of rotatable bonds is 2. The SMILES string of the molecule is O=P(O)(C(F)(F)C(F)(F)F)C(F)(F)C(F)(F)F.[CsH]. The van der Waals surface area contributed by atoms with Crippen molar-refractivity contribution in [3.8, 4) is 0 Å². The molecule has 18 heavy (non-hydrogen) atoms. The predicted octanol–water partition coefficient (Wildman–Crippen LogP) is 2.92. The van der Waals surface area contributed by atoms with Crippen molar-refractivity contribution >= 4 is 76.3 Å². The molecule has 0 aliphatic rings. The Morgan fingerprint density at radius 2 is 0.833 bits per heavy atom. The average Bonchev–Trinajstić information content (AvgIpc) is 1.98. The molecule has 1 N–H and O–H groups in total. The number of hydrogen-bond donors (Lipinski definition) is 1. The van der Waals surface area contributed by atoms with E-state index < -0.39 is 31.0 Å². The zero-order valence-electron chi connectivity index (χ0n) is 7.08. The van der Waals surface area contributed by atoms with Crippen molar-refractivity contribution in [3.05, 3.63) is 0 Å². The van der Waals surface area contributed by atoms with E-state index in [0.29, 0.717) is 0 Å². The summed E-state index contributed by atoms with van der Waals surface area (Å²) in [5, 5.41) is 0. The van der Waals surface area contributed by atoms with Gasteiger partial charge in [-0.1, -0.05) is 0 Å². The summed E-state index contributed by atoms with van der Waals surface area (Å²) >= 11 is 0. The van der Waals surface area contributed by atoms with E-state index in [0.717, 1.165) is 0 Å². The molecule has 0 aliphatic carbocycles. The molecular formula is C4H2CsF10O2P. The molecular weight excluding hydrogens is 434 g/mol. The molecule has 0 amide bonds. The van der Waals surface area contributed by atoms with Gasteiger partial charge in [0.1, 0.15) is 0 Å². The van der Waals surface area contributed by atoms with Crippen LogP contribution in [-0.2, 0) is 4.57 Å². The Hall–Kier alpha value is 1.54. The third-order valence-corrected chi connectivity index (χ3v) is 3.47. The number of alkyl halides is 10. The van der Waals surface area contributed by atoms with Gasteiger partial charge in [0.15, 0.2) is 0 Å². The molecule has 0 spiro atoms. The Bertz CT molecular complexity index is 315. The summed E-state index contributed by atoms with van der Waals surface area (Å²) in [5.41, 5.74) is -14.2. The van der Waals surface area contributed by atoms with Crippen LogP contribution in [0.3, 0.4) is 0 Å². The summed E-state index contributed by atoms with van der Waals surface area (Å²) in [4.78, 5) is 7.86. The van der Waals surface area contributed by atoms with Gasteiger partial charge in [-0.3, -0.25) is 4.57 Å². The van der Waals surface area contributed by atoms with E-state index in [9.17, 15) is 48.5 Å². The maximum absolute atomic E-state index is 12.1. The van der Waals surface area contributed by atoms with Crippen LogP contribution in [0, 0.1) is 0 Å². The van der Waals surface area contributed by atoms with Crippen LogP contribution in [0.25, 0.3) is 0 Å². The molecule has 0 heterocycles. The quantitative estimate of drug-likeness (QED) is 0.535. The van der Waals surface area contributed by atoms with Crippen molar-refractivity contribution in [1.29, 1.82) is 0 Å². The summed E-state index contributed by atoms with van der Waals surface area (Å²) < 4.78 is 127. The van der Waals surface area contributed by atoms with Crippen LogP contribution in [0.5, 0.6) is 0 Å². The molecule has 0 atom stereocenters. The van der Waals surface area contributed by atoms with Gasteiger partial charge < -0.3 is 4.89 Å². The molecule has 0 fully saturated rings. The van der Waals surface area contributed by atoms with E-state index in [1.807, 2.05) is 0 Å². The van der Waals surface area contributed by atoms with Gasteiger partial charge in [-0.25, -0.2) is 0 Å². The normalized spacial score (nSPS) is 15.3. The minimum atomic E-state index is -8.26. The van der Waals surface area contributed by atoms with Gasteiger partial charge in [0, 0.05) is 0 Å². The molecule has 0 bridgehead atoms. The van der Waals surface area contributed by atoms with Crippen LogP contribution >= 0.6 is 7.37 Å².